The fraction of sp³-hybridized carbons (Fsp3) is 0.222. The third-order valence-corrected chi connectivity index (χ3v) is 6.21. The van der Waals surface area contributed by atoms with E-state index >= 15 is 0 Å². The van der Waals surface area contributed by atoms with E-state index in [1.54, 1.807) is 38.6 Å². The third kappa shape index (κ3) is 4.55. The highest BCUT2D eigenvalue weighted by atomic mass is 16.5. The fourth-order valence-electron chi connectivity index (χ4n) is 4.41. The van der Waals surface area contributed by atoms with Crippen LogP contribution >= 0.6 is 0 Å². The summed E-state index contributed by atoms with van der Waals surface area (Å²) in [7, 11) is 3.14. The maximum absolute atomic E-state index is 13.2. The van der Waals surface area contributed by atoms with E-state index in [-0.39, 0.29) is 5.91 Å². The van der Waals surface area contributed by atoms with Gasteiger partial charge in [-0.3, -0.25) is 4.79 Å². The Morgan fingerprint density at radius 1 is 0.829 bits per heavy atom. The van der Waals surface area contributed by atoms with Crippen LogP contribution in [-0.4, -0.2) is 56.3 Å². The van der Waals surface area contributed by atoms with Gasteiger partial charge in [-0.15, -0.1) is 0 Å². The van der Waals surface area contributed by atoms with Crippen molar-refractivity contribution in [3.63, 3.8) is 0 Å². The van der Waals surface area contributed by atoms with Crippen molar-refractivity contribution in [2.24, 2.45) is 0 Å². The Bertz CT molecular complexity index is 1340. The number of pyridine rings is 2. The molecule has 1 saturated heterocycles. The maximum Gasteiger partial charge on any atom is 0.257 e. The van der Waals surface area contributed by atoms with Crippen molar-refractivity contribution < 1.29 is 14.3 Å². The zero-order valence-corrected chi connectivity index (χ0v) is 19.8. The van der Waals surface area contributed by atoms with Crippen LogP contribution in [0.15, 0.2) is 73.1 Å². The van der Waals surface area contributed by atoms with Crippen LogP contribution in [0.2, 0.25) is 0 Å². The number of methoxy groups -OCH3 is 2. The number of aromatic nitrogens is 2. The number of amides is 1. The number of ether oxygens (including phenoxy) is 2. The smallest absolute Gasteiger partial charge is 0.257 e. The van der Waals surface area contributed by atoms with Gasteiger partial charge in [0, 0.05) is 55.7 Å². The van der Waals surface area contributed by atoms with Crippen LogP contribution in [0.25, 0.3) is 10.8 Å². The molecule has 0 saturated carbocycles. The summed E-state index contributed by atoms with van der Waals surface area (Å²) in [6, 6.07) is 19.2. The van der Waals surface area contributed by atoms with Crippen molar-refractivity contribution in [3.8, 4) is 11.5 Å². The lowest BCUT2D eigenvalue weighted by Crippen LogP contribution is -2.47. The lowest BCUT2D eigenvalue weighted by Gasteiger charge is -2.36. The normalized spacial score (nSPS) is 13.5. The molecule has 0 atom stereocenters. The molecule has 178 valence electrons. The number of anilines is 3. The van der Waals surface area contributed by atoms with Crippen LogP contribution in [-0.2, 0) is 0 Å². The number of benzene rings is 2. The van der Waals surface area contributed by atoms with E-state index in [0.29, 0.717) is 22.7 Å². The van der Waals surface area contributed by atoms with Crippen LogP contribution in [0.5, 0.6) is 11.5 Å². The Kier molecular flexibility index (Phi) is 6.34. The van der Waals surface area contributed by atoms with Crippen LogP contribution < -0.4 is 24.6 Å². The van der Waals surface area contributed by atoms with Crippen molar-refractivity contribution in [1.29, 1.82) is 0 Å². The van der Waals surface area contributed by atoms with Gasteiger partial charge < -0.3 is 24.6 Å². The van der Waals surface area contributed by atoms with Gasteiger partial charge in [0.2, 0.25) is 0 Å². The summed E-state index contributed by atoms with van der Waals surface area (Å²) in [6.07, 6.45) is 3.49. The molecule has 4 aromatic rings. The number of piperazine rings is 1. The summed E-state index contributed by atoms with van der Waals surface area (Å²) in [5.74, 6) is 2.81. The van der Waals surface area contributed by atoms with Gasteiger partial charge in [0.05, 0.1) is 19.8 Å². The summed E-state index contributed by atoms with van der Waals surface area (Å²) in [4.78, 5) is 27.0. The van der Waals surface area contributed by atoms with E-state index in [1.165, 1.54) is 0 Å². The highest BCUT2D eigenvalue weighted by molar-refractivity contribution is 6.14. The summed E-state index contributed by atoms with van der Waals surface area (Å²) >= 11 is 0. The lowest BCUT2D eigenvalue weighted by atomic mass is 10.1. The molecule has 1 N–H and O–H groups in total. The van der Waals surface area contributed by atoms with Gasteiger partial charge in [-0.1, -0.05) is 30.3 Å². The maximum atomic E-state index is 13.2. The van der Waals surface area contributed by atoms with Crippen molar-refractivity contribution in [1.82, 2.24) is 9.97 Å². The predicted molar refractivity (Wildman–Crippen MR) is 138 cm³/mol. The summed E-state index contributed by atoms with van der Waals surface area (Å²) in [5, 5.41) is 4.78. The molecule has 8 nitrogen and oxygen atoms in total. The highest BCUT2D eigenvalue weighted by Crippen LogP contribution is 2.32. The molecule has 0 unspecified atom stereocenters. The van der Waals surface area contributed by atoms with Crippen molar-refractivity contribution in [2.45, 2.75) is 0 Å². The quantitative estimate of drug-likeness (QED) is 0.453. The number of carbonyl (C=O) groups is 1. The molecule has 1 fully saturated rings. The van der Waals surface area contributed by atoms with Crippen LogP contribution in [0.3, 0.4) is 0 Å². The van der Waals surface area contributed by atoms with E-state index in [1.807, 2.05) is 48.7 Å². The second-order valence-corrected chi connectivity index (χ2v) is 8.23. The number of hydrogen-bond acceptors (Lipinski definition) is 7. The highest BCUT2D eigenvalue weighted by Gasteiger charge is 2.22. The molecule has 0 aliphatic carbocycles. The van der Waals surface area contributed by atoms with Gasteiger partial charge in [0.1, 0.15) is 11.6 Å². The van der Waals surface area contributed by atoms with E-state index in [4.69, 9.17) is 14.5 Å². The molecule has 2 aromatic heterocycles. The number of hydrogen-bond donors (Lipinski definition) is 1. The second-order valence-electron chi connectivity index (χ2n) is 8.23. The number of fused-ring (bicyclic) bond motifs is 1. The van der Waals surface area contributed by atoms with Crippen molar-refractivity contribution >= 4 is 34.0 Å². The molecule has 35 heavy (non-hydrogen) atoms. The minimum atomic E-state index is -0.229. The Labute approximate surface area is 204 Å². The molecule has 0 spiro atoms. The molecule has 8 heteroatoms. The Morgan fingerprint density at radius 2 is 1.54 bits per heavy atom. The van der Waals surface area contributed by atoms with Gasteiger partial charge in [0.25, 0.3) is 5.91 Å². The first-order valence-electron chi connectivity index (χ1n) is 11.5. The van der Waals surface area contributed by atoms with Crippen LogP contribution in [0, 0.1) is 0 Å². The van der Waals surface area contributed by atoms with E-state index in [0.717, 1.165) is 48.6 Å². The average molecular weight is 470 g/mol. The molecule has 2 aromatic carbocycles. The van der Waals surface area contributed by atoms with Gasteiger partial charge in [-0.05, 0) is 29.7 Å². The fourth-order valence-corrected chi connectivity index (χ4v) is 4.41. The number of nitrogens with zero attached hydrogens (tertiary/aromatic N) is 4. The first-order valence-corrected chi connectivity index (χ1v) is 11.5. The van der Waals surface area contributed by atoms with Gasteiger partial charge >= 0.3 is 0 Å². The first kappa shape index (κ1) is 22.5. The molecule has 1 aliphatic heterocycles. The zero-order chi connectivity index (χ0) is 24.2. The largest absolute Gasteiger partial charge is 0.493 e. The molecule has 0 bridgehead atoms. The molecule has 1 amide bonds. The topological polar surface area (TPSA) is 79.8 Å². The van der Waals surface area contributed by atoms with E-state index in [9.17, 15) is 4.79 Å². The predicted octanol–water partition coefficient (Wildman–Crippen LogP) is 4.23. The van der Waals surface area contributed by atoms with Crippen molar-refractivity contribution in [2.75, 3.05) is 55.5 Å². The Morgan fingerprint density at radius 3 is 2.26 bits per heavy atom. The molecular weight excluding hydrogens is 442 g/mol. The lowest BCUT2D eigenvalue weighted by molar-refractivity contribution is 0.102. The third-order valence-electron chi connectivity index (χ3n) is 6.21. The molecular formula is C27H27N5O3. The standard InChI is InChI=1S/C27H27N5O3/c1-34-23-11-10-19(17-24(23)35-2)30-27(33)22-18-29-26(21-8-4-3-7-20(21)22)32-15-13-31(14-16-32)25-9-5-6-12-28-25/h3-12,17-18H,13-16H2,1-2H3,(H,30,33). The SMILES string of the molecule is COc1ccc(NC(=O)c2cnc(N3CCN(c4ccccn4)CC3)c3ccccc23)cc1OC. The van der Waals surface area contributed by atoms with Crippen molar-refractivity contribution in [3.05, 3.63) is 78.6 Å². The molecule has 0 radical (unpaired) electrons. The molecule has 5 rings (SSSR count). The van der Waals surface area contributed by atoms with Crippen LogP contribution in [0.1, 0.15) is 10.4 Å². The van der Waals surface area contributed by atoms with Gasteiger partial charge in [-0.25, -0.2) is 9.97 Å². The molecule has 1 aliphatic rings. The number of rotatable bonds is 6. The van der Waals surface area contributed by atoms with E-state index < -0.39 is 0 Å². The van der Waals surface area contributed by atoms with Crippen LogP contribution in [0.4, 0.5) is 17.3 Å². The van der Waals surface area contributed by atoms with E-state index in [2.05, 4.69) is 20.1 Å². The summed E-state index contributed by atoms with van der Waals surface area (Å²) in [6.45, 7) is 3.36. The van der Waals surface area contributed by atoms with Gasteiger partial charge in [-0.2, -0.15) is 0 Å². The molecule has 3 heterocycles. The summed E-state index contributed by atoms with van der Waals surface area (Å²) in [5.41, 5.74) is 1.14. The number of nitrogens with one attached hydrogen (secondary N) is 1. The monoisotopic (exact) mass is 469 g/mol. The average Bonchev–Trinajstić information content (AvgIpc) is 2.93. The Balaban J connectivity index is 1.38. The minimum absolute atomic E-state index is 0.229. The second kappa shape index (κ2) is 9.89. The number of carbonyl (C=O) groups excluding carboxylic acids is 1. The minimum Gasteiger partial charge on any atom is -0.493 e. The zero-order valence-electron chi connectivity index (χ0n) is 19.8. The Hall–Kier alpha value is -4.33. The van der Waals surface area contributed by atoms with Gasteiger partial charge in [0.15, 0.2) is 11.5 Å². The summed E-state index contributed by atoms with van der Waals surface area (Å²) < 4.78 is 10.6. The first-order chi connectivity index (χ1) is 17.2.